The monoisotopic (exact) mass is 392 g/mol. The third-order valence-electron chi connectivity index (χ3n) is 3.92. The molecule has 0 aliphatic heterocycles. The number of hydrogen-bond acceptors (Lipinski definition) is 4. The summed E-state index contributed by atoms with van der Waals surface area (Å²) in [6.45, 7) is 3.86. The predicted molar refractivity (Wildman–Crippen MR) is 110 cm³/mol. The van der Waals surface area contributed by atoms with Crippen LogP contribution in [0, 0.1) is 0 Å². The quantitative estimate of drug-likeness (QED) is 0.725. The topological polar surface area (TPSA) is 66.5 Å². The number of para-hydroxylation sites is 1. The van der Waals surface area contributed by atoms with Gasteiger partial charge in [0.05, 0.1) is 17.6 Å². The van der Waals surface area contributed by atoms with Crippen molar-refractivity contribution >= 4 is 39.1 Å². The van der Waals surface area contributed by atoms with Gasteiger partial charge in [-0.3, -0.25) is 9.10 Å². The van der Waals surface area contributed by atoms with Gasteiger partial charge in [0.25, 0.3) is 0 Å². The second-order valence-electron chi connectivity index (χ2n) is 6.26. The van der Waals surface area contributed by atoms with Gasteiger partial charge in [0.15, 0.2) is 0 Å². The molecule has 0 spiro atoms. The number of sulfonamides is 1. The first-order valence-corrected chi connectivity index (χ1v) is 11.3. The number of thioether (sulfide) groups is 1. The molecule has 1 amide bonds. The van der Waals surface area contributed by atoms with E-state index in [2.05, 4.69) is 19.2 Å². The molecule has 0 saturated carbocycles. The summed E-state index contributed by atoms with van der Waals surface area (Å²) >= 11 is 1.52. The van der Waals surface area contributed by atoms with Gasteiger partial charge in [0, 0.05) is 4.90 Å². The zero-order valence-electron chi connectivity index (χ0n) is 15.4. The van der Waals surface area contributed by atoms with E-state index in [1.165, 1.54) is 11.8 Å². The molecule has 0 saturated heterocycles. The van der Waals surface area contributed by atoms with Crippen molar-refractivity contribution in [2.24, 2.45) is 0 Å². The number of rotatable bonds is 7. The summed E-state index contributed by atoms with van der Waals surface area (Å²) in [5.41, 5.74) is 2.26. The van der Waals surface area contributed by atoms with Gasteiger partial charge in [-0.25, -0.2) is 8.42 Å². The first-order valence-electron chi connectivity index (χ1n) is 8.23. The maximum Gasteiger partial charge on any atom is 0.245 e. The van der Waals surface area contributed by atoms with Crippen LogP contribution in [0.2, 0.25) is 0 Å². The molecular weight excluding hydrogens is 368 g/mol. The Morgan fingerprint density at radius 1 is 1.12 bits per heavy atom. The average molecular weight is 393 g/mol. The van der Waals surface area contributed by atoms with Crippen LogP contribution in [0.4, 0.5) is 11.4 Å². The zero-order valence-corrected chi connectivity index (χ0v) is 17.0. The van der Waals surface area contributed by atoms with Crippen LogP contribution < -0.4 is 9.62 Å². The Labute approximate surface area is 159 Å². The van der Waals surface area contributed by atoms with Crippen LogP contribution >= 0.6 is 11.8 Å². The molecule has 0 heterocycles. The second kappa shape index (κ2) is 8.60. The first-order chi connectivity index (χ1) is 12.2. The fourth-order valence-corrected chi connectivity index (χ4v) is 3.90. The van der Waals surface area contributed by atoms with E-state index >= 15 is 0 Å². The lowest BCUT2D eigenvalue weighted by Gasteiger charge is -2.22. The summed E-state index contributed by atoms with van der Waals surface area (Å²) < 4.78 is 25.5. The highest BCUT2D eigenvalue weighted by molar-refractivity contribution is 7.98. The minimum Gasteiger partial charge on any atom is -0.323 e. The summed E-state index contributed by atoms with van der Waals surface area (Å²) in [5.74, 6) is -0.0352. The Morgan fingerprint density at radius 3 is 2.27 bits per heavy atom. The molecule has 0 atom stereocenters. The predicted octanol–water partition coefficient (Wildman–Crippen LogP) is 3.94. The third kappa shape index (κ3) is 5.25. The average Bonchev–Trinajstić information content (AvgIpc) is 2.59. The van der Waals surface area contributed by atoms with E-state index in [0.29, 0.717) is 17.3 Å². The summed E-state index contributed by atoms with van der Waals surface area (Å²) in [4.78, 5) is 13.4. The maximum absolute atomic E-state index is 12.5. The largest absolute Gasteiger partial charge is 0.323 e. The van der Waals surface area contributed by atoms with E-state index in [1.54, 1.807) is 18.2 Å². The molecule has 140 valence electrons. The first kappa shape index (κ1) is 20.3. The molecule has 0 unspecified atom stereocenters. The van der Waals surface area contributed by atoms with Crippen LogP contribution in [0.1, 0.15) is 25.3 Å². The smallest absolute Gasteiger partial charge is 0.245 e. The Hall–Kier alpha value is -1.99. The Balaban J connectivity index is 2.21. The van der Waals surface area contributed by atoms with Crippen LogP contribution in [-0.4, -0.2) is 33.4 Å². The highest BCUT2D eigenvalue weighted by atomic mass is 32.2. The summed E-state index contributed by atoms with van der Waals surface area (Å²) in [7, 11) is -3.59. The van der Waals surface area contributed by atoms with E-state index in [1.807, 2.05) is 36.6 Å². The lowest BCUT2D eigenvalue weighted by Crippen LogP contribution is -2.37. The molecule has 7 heteroatoms. The summed E-state index contributed by atoms with van der Waals surface area (Å²) in [5, 5.41) is 2.80. The van der Waals surface area contributed by atoms with Gasteiger partial charge < -0.3 is 5.32 Å². The van der Waals surface area contributed by atoms with Gasteiger partial charge in [0.2, 0.25) is 15.9 Å². The number of anilines is 2. The lowest BCUT2D eigenvalue weighted by atomic mass is 10.0. The highest BCUT2D eigenvalue weighted by Crippen LogP contribution is 2.25. The molecule has 0 fully saturated rings. The van der Waals surface area contributed by atoms with E-state index in [4.69, 9.17) is 0 Å². The van der Waals surface area contributed by atoms with Gasteiger partial charge in [-0.1, -0.05) is 38.1 Å². The zero-order chi connectivity index (χ0) is 19.3. The van der Waals surface area contributed by atoms with E-state index in [0.717, 1.165) is 21.0 Å². The van der Waals surface area contributed by atoms with Gasteiger partial charge >= 0.3 is 0 Å². The molecule has 0 radical (unpaired) electrons. The van der Waals surface area contributed by atoms with Crippen LogP contribution in [-0.2, 0) is 14.8 Å². The number of nitrogens with zero attached hydrogens (tertiary/aromatic N) is 1. The number of nitrogens with one attached hydrogen (secondary N) is 1. The van der Waals surface area contributed by atoms with Crippen molar-refractivity contribution in [2.75, 3.05) is 28.7 Å². The minimum absolute atomic E-state index is 0.275. The number of carbonyl (C=O) groups excluding carboxylic acids is 1. The fraction of sp³-hybridized carbons (Fsp3) is 0.316. The van der Waals surface area contributed by atoms with Crippen LogP contribution in [0.15, 0.2) is 53.4 Å². The standard InChI is InChI=1S/C19H24N2O3S2/c1-14(2)15-9-11-16(12-10-15)21(26(4,23)24)13-19(22)20-17-7-5-6-8-18(17)25-3/h5-12,14H,13H2,1-4H3,(H,20,22). The normalized spacial score (nSPS) is 11.4. The molecule has 2 rings (SSSR count). The molecule has 0 aliphatic carbocycles. The molecule has 0 aromatic heterocycles. The fourth-order valence-electron chi connectivity index (χ4n) is 2.49. The molecule has 2 aromatic carbocycles. The van der Waals surface area contributed by atoms with E-state index in [-0.39, 0.29) is 12.5 Å². The van der Waals surface area contributed by atoms with Crippen molar-refractivity contribution in [1.82, 2.24) is 0 Å². The number of hydrogen-bond donors (Lipinski definition) is 1. The molecular formula is C19H24N2O3S2. The molecule has 0 bridgehead atoms. The van der Waals surface area contributed by atoms with Crippen molar-refractivity contribution in [1.29, 1.82) is 0 Å². The maximum atomic E-state index is 12.5. The number of amides is 1. The molecule has 0 aliphatic rings. The lowest BCUT2D eigenvalue weighted by molar-refractivity contribution is -0.114. The molecule has 2 aromatic rings. The second-order valence-corrected chi connectivity index (χ2v) is 9.02. The van der Waals surface area contributed by atoms with Gasteiger partial charge in [0.1, 0.15) is 6.54 Å². The van der Waals surface area contributed by atoms with Crippen molar-refractivity contribution in [3.63, 3.8) is 0 Å². The van der Waals surface area contributed by atoms with Gasteiger partial charge in [-0.05, 0) is 42.0 Å². The molecule has 5 nitrogen and oxygen atoms in total. The summed E-state index contributed by atoms with van der Waals surface area (Å²) in [6, 6.07) is 14.7. The Bertz CT molecular complexity index is 863. The highest BCUT2D eigenvalue weighted by Gasteiger charge is 2.21. The number of carbonyl (C=O) groups is 1. The van der Waals surface area contributed by atoms with Gasteiger partial charge in [-0.15, -0.1) is 11.8 Å². The van der Waals surface area contributed by atoms with Crippen molar-refractivity contribution in [2.45, 2.75) is 24.7 Å². The summed E-state index contributed by atoms with van der Waals surface area (Å²) in [6.07, 6.45) is 3.02. The van der Waals surface area contributed by atoms with Crippen molar-refractivity contribution in [3.05, 3.63) is 54.1 Å². The molecule has 26 heavy (non-hydrogen) atoms. The SMILES string of the molecule is CSc1ccccc1NC(=O)CN(c1ccc(C(C)C)cc1)S(C)(=O)=O. The number of benzene rings is 2. The van der Waals surface area contributed by atoms with E-state index < -0.39 is 10.0 Å². The van der Waals surface area contributed by atoms with Crippen molar-refractivity contribution in [3.8, 4) is 0 Å². The van der Waals surface area contributed by atoms with Crippen LogP contribution in [0.3, 0.4) is 0 Å². The minimum atomic E-state index is -3.59. The van der Waals surface area contributed by atoms with Crippen molar-refractivity contribution < 1.29 is 13.2 Å². The van der Waals surface area contributed by atoms with E-state index in [9.17, 15) is 13.2 Å². The Morgan fingerprint density at radius 2 is 1.73 bits per heavy atom. The third-order valence-corrected chi connectivity index (χ3v) is 5.85. The van der Waals surface area contributed by atoms with Gasteiger partial charge in [-0.2, -0.15) is 0 Å². The Kier molecular flexibility index (Phi) is 6.72. The molecule has 1 N–H and O–H groups in total. The van der Waals surface area contributed by atoms with Crippen LogP contribution in [0.5, 0.6) is 0 Å². The van der Waals surface area contributed by atoms with Crippen LogP contribution in [0.25, 0.3) is 0 Å².